The molecule has 1 aromatic carbocycles. The summed E-state index contributed by atoms with van der Waals surface area (Å²) in [5, 5.41) is 0. The number of rotatable bonds is 5. The molecular weight excluding hydrogens is 375 g/mol. The molecule has 0 saturated carbocycles. The van der Waals surface area contributed by atoms with E-state index in [9.17, 15) is 34.9 Å². The SMILES string of the molecule is CC(C)(C)S(=O)NCCC(c1ccc(C(F)(F)F)c(F)c1)C(F)(F)F. The first-order valence-electron chi connectivity index (χ1n) is 7.22. The van der Waals surface area contributed by atoms with Crippen LogP contribution in [0.25, 0.3) is 0 Å². The fourth-order valence-electron chi connectivity index (χ4n) is 2.01. The summed E-state index contributed by atoms with van der Waals surface area (Å²) in [7, 11) is -1.60. The van der Waals surface area contributed by atoms with Gasteiger partial charge in [0.25, 0.3) is 0 Å². The van der Waals surface area contributed by atoms with Crippen LogP contribution < -0.4 is 4.72 Å². The van der Waals surface area contributed by atoms with E-state index in [2.05, 4.69) is 4.72 Å². The van der Waals surface area contributed by atoms with Crippen molar-refractivity contribution in [2.45, 2.75) is 50.2 Å². The lowest BCUT2D eigenvalue weighted by molar-refractivity contribution is -0.151. The number of halogens is 7. The molecule has 10 heteroatoms. The molecule has 25 heavy (non-hydrogen) atoms. The summed E-state index contributed by atoms with van der Waals surface area (Å²) >= 11 is 0. The Labute approximate surface area is 143 Å². The summed E-state index contributed by atoms with van der Waals surface area (Å²) in [6.07, 6.45) is -10.4. The Morgan fingerprint density at radius 3 is 2.04 bits per heavy atom. The van der Waals surface area contributed by atoms with Gasteiger partial charge in [-0.05, 0) is 44.9 Å². The molecule has 0 saturated heterocycles. The molecule has 0 aromatic heterocycles. The van der Waals surface area contributed by atoms with Crippen molar-refractivity contribution in [3.63, 3.8) is 0 Å². The molecule has 144 valence electrons. The van der Waals surface area contributed by atoms with E-state index in [4.69, 9.17) is 0 Å². The van der Waals surface area contributed by atoms with E-state index in [1.54, 1.807) is 20.8 Å². The molecule has 1 aromatic rings. The number of nitrogens with one attached hydrogen (secondary N) is 1. The second kappa shape index (κ2) is 7.61. The predicted octanol–water partition coefficient (Wildman–Crippen LogP) is 4.93. The van der Waals surface area contributed by atoms with Gasteiger partial charge in [0.1, 0.15) is 5.82 Å². The summed E-state index contributed by atoms with van der Waals surface area (Å²) in [5.41, 5.74) is -2.23. The van der Waals surface area contributed by atoms with Gasteiger partial charge >= 0.3 is 12.4 Å². The Balaban J connectivity index is 2.98. The highest BCUT2D eigenvalue weighted by atomic mass is 32.2. The van der Waals surface area contributed by atoms with Gasteiger partial charge in [-0.3, -0.25) is 0 Å². The second-order valence-corrected chi connectivity index (χ2v) is 8.45. The lowest BCUT2D eigenvalue weighted by Crippen LogP contribution is -2.35. The average Bonchev–Trinajstić information content (AvgIpc) is 2.39. The van der Waals surface area contributed by atoms with Crippen LogP contribution in [0.3, 0.4) is 0 Å². The van der Waals surface area contributed by atoms with E-state index in [0.29, 0.717) is 12.1 Å². The first kappa shape index (κ1) is 21.9. The van der Waals surface area contributed by atoms with Crippen LogP contribution in [0, 0.1) is 5.82 Å². The smallest absolute Gasteiger partial charge is 0.242 e. The first-order chi connectivity index (χ1) is 11.1. The third-order valence-corrected chi connectivity index (χ3v) is 4.90. The van der Waals surface area contributed by atoms with E-state index in [1.807, 2.05) is 0 Å². The summed E-state index contributed by atoms with van der Waals surface area (Å²) in [5.74, 6) is -3.93. The number of alkyl halides is 6. The number of hydrogen-bond donors (Lipinski definition) is 1. The standard InChI is InChI=1S/C15H18F7NOS/c1-13(2,3)25(24)23-7-6-10(14(17,18)19)9-4-5-11(12(16)8-9)15(20,21)22/h4-5,8,10,23H,6-7H2,1-3H3. The van der Waals surface area contributed by atoms with Gasteiger partial charge in [-0.25, -0.2) is 13.3 Å². The lowest BCUT2D eigenvalue weighted by atomic mass is 9.94. The number of benzene rings is 1. The van der Waals surface area contributed by atoms with Crippen molar-refractivity contribution in [3.05, 3.63) is 35.1 Å². The van der Waals surface area contributed by atoms with E-state index in [0.717, 1.165) is 0 Å². The molecule has 0 fully saturated rings. The van der Waals surface area contributed by atoms with Gasteiger partial charge < -0.3 is 0 Å². The van der Waals surface area contributed by atoms with Gasteiger partial charge in [0, 0.05) is 6.54 Å². The van der Waals surface area contributed by atoms with Crippen molar-refractivity contribution in [1.29, 1.82) is 0 Å². The Bertz CT molecular complexity index is 620. The van der Waals surface area contributed by atoms with Gasteiger partial charge in [0.05, 0.1) is 27.2 Å². The first-order valence-corrected chi connectivity index (χ1v) is 8.37. The normalized spacial score (nSPS) is 15.9. The highest BCUT2D eigenvalue weighted by molar-refractivity contribution is 7.84. The highest BCUT2D eigenvalue weighted by Crippen LogP contribution is 2.39. The van der Waals surface area contributed by atoms with E-state index in [1.165, 1.54) is 0 Å². The zero-order chi connectivity index (χ0) is 19.6. The summed E-state index contributed by atoms with van der Waals surface area (Å²) in [6, 6.07) is 1.16. The molecule has 2 atom stereocenters. The monoisotopic (exact) mass is 393 g/mol. The maximum absolute atomic E-state index is 13.5. The summed E-state index contributed by atoms with van der Waals surface area (Å²) in [6.45, 7) is 4.59. The molecule has 0 aliphatic heterocycles. The van der Waals surface area contributed by atoms with E-state index in [-0.39, 0.29) is 12.6 Å². The lowest BCUT2D eigenvalue weighted by Gasteiger charge is -2.23. The Kier molecular flexibility index (Phi) is 6.66. The maximum atomic E-state index is 13.5. The highest BCUT2D eigenvalue weighted by Gasteiger charge is 2.42. The zero-order valence-electron chi connectivity index (χ0n) is 13.7. The topological polar surface area (TPSA) is 29.1 Å². The van der Waals surface area contributed by atoms with Crippen molar-refractivity contribution in [1.82, 2.24) is 4.72 Å². The van der Waals surface area contributed by atoms with Crippen LogP contribution in [-0.2, 0) is 17.2 Å². The molecule has 0 heterocycles. The Morgan fingerprint density at radius 2 is 1.64 bits per heavy atom. The van der Waals surface area contributed by atoms with Gasteiger partial charge in [0.2, 0.25) is 0 Å². The van der Waals surface area contributed by atoms with Gasteiger partial charge in [-0.15, -0.1) is 0 Å². The minimum absolute atomic E-state index is 0.252. The van der Waals surface area contributed by atoms with E-state index < -0.39 is 57.4 Å². The molecule has 0 aliphatic rings. The molecule has 1 N–H and O–H groups in total. The molecule has 0 aliphatic carbocycles. The molecule has 0 spiro atoms. The third-order valence-electron chi connectivity index (χ3n) is 3.32. The Hall–Kier alpha value is -1.16. The van der Waals surface area contributed by atoms with Crippen molar-refractivity contribution >= 4 is 11.0 Å². The van der Waals surface area contributed by atoms with Crippen LogP contribution in [0.5, 0.6) is 0 Å². The van der Waals surface area contributed by atoms with Gasteiger partial charge in [-0.2, -0.15) is 26.3 Å². The largest absolute Gasteiger partial charge is 0.419 e. The quantitative estimate of drug-likeness (QED) is 0.706. The van der Waals surface area contributed by atoms with Gasteiger partial charge in [0.15, 0.2) is 0 Å². The van der Waals surface area contributed by atoms with E-state index >= 15 is 0 Å². The summed E-state index contributed by atoms with van der Waals surface area (Å²) in [4.78, 5) is 0. The predicted molar refractivity (Wildman–Crippen MR) is 80.7 cm³/mol. The van der Waals surface area contributed by atoms with Crippen molar-refractivity contribution < 1.29 is 34.9 Å². The molecule has 0 bridgehead atoms. The molecule has 2 unspecified atom stereocenters. The maximum Gasteiger partial charge on any atom is 0.419 e. The third kappa shape index (κ3) is 6.25. The van der Waals surface area contributed by atoms with Crippen LogP contribution in [-0.4, -0.2) is 21.7 Å². The van der Waals surface area contributed by atoms with Crippen molar-refractivity contribution in [2.75, 3.05) is 6.54 Å². The van der Waals surface area contributed by atoms with Gasteiger partial charge in [-0.1, -0.05) is 6.07 Å². The second-order valence-electron chi connectivity index (χ2n) is 6.40. The molecular formula is C15H18F7NOS. The van der Waals surface area contributed by atoms with Crippen molar-refractivity contribution in [3.8, 4) is 0 Å². The van der Waals surface area contributed by atoms with Crippen LogP contribution in [0.4, 0.5) is 30.7 Å². The fraction of sp³-hybridized carbons (Fsp3) is 0.600. The van der Waals surface area contributed by atoms with Crippen LogP contribution in [0.1, 0.15) is 44.2 Å². The minimum atomic E-state index is -4.98. The number of hydrogen-bond acceptors (Lipinski definition) is 1. The van der Waals surface area contributed by atoms with Crippen LogP contribution >= 0.6 is 0 Å². The zero-order valence-corrected chi connectivity index (χ0v) is 14.5. The Morgan fingerprint density at radius 1 is 1.08 bits per heavy atom. The van der Waals surface area contributed by atoms with Crippen LogP contribution in [0.15, 0.2) is 18.2 Å². The molecule has 1 rings (SSSR count). The molecule has 2 nitrogen and oxygen atoms in total. The van der Waals surface area contributed by atoms with Crippen LogP contribution in [0.2, 0.25) is 0 Å². The molecule has 0 radical (unpaired) electrons. The minimum Gasteiger partial charge on any atom is -0.242 e. The van der Waals surface area contributed by atoms with Crippen molar-refractivity contribution in [2.24, 2.45) is 0 Å². The molecule has 0 amide bonds. The fourth-order valence-corrected chi connectivity index (χ4v) is 2.75. The average molecular weight is 393 g/mol. The summed E-state index contributed by atoms with van der Waals surface area (Å²) < 4.78 is 104.